The number of amides is 3. The fourth-order valence-electron chi connectivity index (χ4n) is 5.47. The molecule has 7 nitrogen and oxygen atoms in total. The van der Waals surface area contributed by atoms with Crippen LogP contribution in [0.4, 0.5) is 10.5 Å². The number of para-hydroxylation sites is 1. The molecule has 2 atom stereocenters. The number of nitrogens with zero attached hydrogens (tertiary/aromatic N) is 1. The van der Waals surface area contributed by atoms with Gasteiger partial charge in [0, 0.05) is 24.2 Å². The molecule has 0 aliphatic rings. The molecular formula is C39H49N3O4. The summed E-state index contributed by atoms with van der Waals surface area (Å²) in [5.41, 5.74) is 3.67. The van der Waals surface area contributed by atoms with E-state index >= 15 is 0 Å². The van der Waals surface area contributed by atoms with Crippen molar-refractivity contribution in [1.29, 1.82) is 0 Å². The van der Waals surface area contributed by atoms with Crippen LogP contribution in [0.15, 0.2) is 72.8 Å². The van der Waals surface area contributed by atoms with E-state index in [1.165, 1.54) is 0 Å². The van der Waals surface area contributed by atoms with E-state index in [1.54, 1.807) is 37.8 Å². The number of carbonyl (C=O) groups is 3. The summed E-state index contributed by atoms with van der Waals surface area (Å²) in [6.45, 7) is 11.6. The number of benzene rings is 3. The molecule has 0 aliphatic heterocycles. The van der Waals surface area contributed by atoms with Crippen LogP contribution in [0.2, 0.25) is 0 Å². The molecular weight excluding hydrogens is 574 g/mol. The Labute approximate surface area is 275 Å². The zero-order chi connectivity index (χ0) is 33.7. The Kier molecular flexibility index (Phi) is 13.4. The second kappa shape index (κ2) is 17.2. The van der Waals surface area contributed by atoms with Gasteiger partial charge in [0.15, 0.2) is 0 Å². The first-order chi connectivity index (χ1) is 21.9. The number of nitrogens with one attached hydrogen (secondary N) is 2. The van der Waals surface area contributed by atoms with E-state index < -0.39 is 29.7 Å². The van der Waals surface area contributed by atoms with Crippen LogP contribution in [0, 0.1) is 26.2 Å². The fraction of sp³-hybridized carbons (Fsp3) is 0.410. The van der Waals surface area contributed by atoms with Crippen molar-refractivity contribution in [3.63, 3.8) is 0 Å². The van der Waals surface area contributed by atoms with E-state index in [2.05, 4.69) is 23.5 Å². The minimum atomic E-state index is -1.05. The largest absolute Gasteiger partial charge is 0.444 e. The second-order valence-electron chi connectivity index (χ2n) is 12.7. The van der Waals surface area contributed by atoms with E-state index in [-0.39, 0.29) is 12.3 Å². The number of carbonyl (C=O) groups excluding carboxylic acids is 3. The summed E-state index contributed by atoms with van der Waals surface area (Å²) < 4.78 is 5.57. The Bertz CT molecular complexity index is 1480. The average molecular weight is 624 g/mol. The topological polar surface area (TPSA) is 87.7 Å². The van der Waals surface area contributed by atoms with Gasteiger partial charge in [0.1, 0.15) is 17.7 Å². The van der Waals surface area contributed by atoms with Gasteiger partial charge in [0.2, 0.25) is 5.91 Å². The molecule has 0 saturated carbocycles. The highest BCUT2D eigenvalue weighted by Gasteiger charge is 2.37. The van der Waals surface area contributed by atoms with Crippen LogP contribution in [0.5, 0.6) is 0 Å². The molecule has 244 valence electrons. The van der Waals surface area contributed by atoms with Crippen LogP contribution in [-0.4, -0.2) is 41.0 Å². The molecule has 0 heterocycles. The Morgan fingerprint density at radius 3 is 2.13 bits per heavy atom. The summed E-state index contributed by atoms with van der Waals surface area (Å²) >= 11 is 0. The summed E-state index contributed by atoms with van der Waals surface area (Å²) in [6.07, 6.45) is 10.2. The number of hydrogen-bond donors (Lipinski definition) is 2. The summed E-state index contributed by atoms with van der Waals surface area (Å²) in [7, 11) is 0. The fourth-order valence-corrected chi connectivity index (χ4v) is 5.47. The molecule has 0 saturated heterocycles. The normalized spacial score (nSPS) is 12.4. The number of hydrogen-bond acceptors (Lipinski definition) is 4. The van der Waals surface area contributed by atoms with E-state index in [4.69, 9.17) is 11.2 Å². The van der Waals surface area contributed by atoms with E-state index in [0.29, 0.717) is 29.8 Å². The van der Waals surface area contributed by atoms with E-state index in [1.807, 2.05) is 74.5 Å². The number of alkyl carbamates (subject to hydrolysis) is 1. The summed E-state index contributed by atoms with van der Waals surface area (Å²) in [5, 5.41) is 5.95. The van der Waals surface area contributed by atoms with Crippen molar-refractivity contribution in [1.82, 2.24) is 10.2 Å². The molecule has 0 radical (unpaired) electrons. The van der Waals surface area contributed by atoms with Gasteiger partial charge in [-0.25, -0.2) is 4.79 Å². The van der Waals surface area contributed by atoms with Crippen molar-refractivity contribution in [2.45, 2.75) is 97.8 Å². The number of anilines is 1. The number of ether oxygens (including phenoxy) is 1. The van der Waals surface area contributed by atoms with Gasteiger partial charge in [0.25, 0.3) is 5.91 Å². The van der Waals surface area contributed by atoms with Gasteiger partial charge < -0.3 is 20.3 Å². The average Bonchev–Trinajstić information content (AvgIpc) is 3.01. The second-order valence-corrected chi connectivity index (χ2v) is 12.7. The lowest BCUT2D eigenvalue weighted by molar-refractivity contribution is -0.140. The van der Waals surface area contributed by atoms with Gasteiger partial charge in [-0.1, -0.05) is 105 Å². The number of terminal acetylenes is 1. The predicted octanol–water partition coefficient (Wildman–Crippen LogP) is 7.90. The van der Waals surface area contributed by atoms with Crippen molar-refractivity contribution < 1.29 is 19.1 Å². The monoisotopic (exact) mass is 623 g/mol. The van der Waals surface area contributed by atoms with Gasteiger partial charge >= 0.3 is 6.09 Å². The maximum atomic E-state index is 14.8. The lowest BCUT2D eigenvalue weighted by Crippen LogP contribution is -2.53. The quantitative estimate of drug-likeness (QED) is 0.141. The van der Waals surface area contributed by atoms with Gasteiger partial charge in [-0.2, -0.15) is 0 Å². The molecule has 3 amide bonds. The standard InChI is InChI=1S/C39H49N3O4/c1-8-10-11-12-18-26-42(37(44)33(27-30-22-14-13-15-23-30)40-38(45)46-39(5,6)7)35(32-25-17-16-24-31(32)9-2)36(43)41-34-28(3)20-19-21-29(34)4/h2,13-17,19-25,33,35H,8,10-12,18,26-27H2,1,3-7H3,(H,40,45)(H,41,43). The van der Waals surface area contributed by atoms with Crippen molar-refractivity contribution in [2.24, 2.45) is 0 Å². The van der Waals surface area contributed by atoms with Crippen LogP contribution >= 0.6 is 0 Å². The highest BCUT2D eigenvalue weighted by atomic mass is 16.6. The molecule has 3 aromatic carbocycles. The number of aryl methyl sites for hydroxylation is 2. The molecule has 2 unspecified atom stereocenters. The first-order valence-electron chi connectivity index (χ1n) is 16.2. The minimum Gasteiger partial charge on any atom is -0.444 e. The number of rotatable bonds is 14. The van der Waals surface area contributed by atoms with Crippen molar-refractivity contribution in [3.8, 4) is 12.3 Å². The molecule has 3 rings (SSSR count). The zero-order valence-corrected chi connectivity index (χ0v) is 28.2. The third-order valence-corrected chi connectivity index (χ3v) is 7.76. The molecule has 0 fully saturated rings. The molecule has 0 bridgehead atoms. The Morgan fingerprint density at radius 1 is 0.870 bits per heavy atom. The highest BCUT2D eigenvalue weighted by Crippen LogP contribution is 2.30. The Balaban J connectivity index is 2.13. The first kappa shape index (κ1) is 35.9. The van der Waals surface area contributed by atoms with Crippen LogP contribution in [0.25, 0.3) is 0 Å². The summed E-state index contributed by atoms with van der Waals surface area (Å²) in [6, 6.07) is 20.5. The lowest BCUT2D eigenvalue weighted by Gasteiger charge is -2.35. The Morgan fingerprint density at radius 2 is 1.50 bits per heavy atom. The summed E-state index contributed by atoms with van der Waals surface area (Å²) in [4.78, 5) is 44.0. The third kappa shape index (κ3) is 10.5. The minimum absolute atomic E-state index is 0.216. The highest BCUT2D eigenvalue weighted by molar-refractivity contribution is 6.00. The van der Waals surface area contributed by atoms with Crippen LogP contribution < -0.4 is 10.6 Å². The molecule has 2 N–H and O–H groups in total. The van der Waals surface area contributed by atoms with Gasteiger partial charge in [-0.05, 0) is 69.4 Å². The maximum Gasteiger partial charge on any atom is 0.408 e. The lowest BCUT2D eigenvalue weighted by atomic mass is 9.95. The van der Waals surface area contributed by atoms with Gasteiger partial charge in [0.05, 0.1) is 0 Å². The maximum absolute atomic E-state index is 14.8. The molecule has 0 spiro atoms. The third-order valence-electron chi connectivity index (χ3n) is 7.76. The van der Waals surface area contributed by atoms with Crippen molar-refractivity contribution in [2.75, 3.05) is 11.9 Å². The summed E-state index contributed by atoms with van der Waals surface area (Å²) in [5.74, 6) is 1.95. The van der Waals surface area contributed by atoms with Crippen molar-refractivity contribution >= 4 is 23.6 Å². The molecule has 3 aromatic rings. The predicted molar refractivity (Wildman–Crippen MR) is 185 cm³/mol. The van der Waals surface area contributed by atoms with Gasteiger partial charge in [-0.3, -0.25) is 9.59 Å². The number of unbranched alkanes of at least 4 members (excludes halogenated alkanes) is 4. The van der Waals surface area contributed by atoms with Crippen molar-refractivity contribution in [3.05, 3.63) is 101 Å². The first-order valence-corrected chi connectivity index (χ1v) is 16.2. The Hall–Kier alpha value is -4.57. The van der Waals surface area contributed by atoms with E-state index in [9.17, 15) is 14.4 Å². The van der Waals surface area contributed by atoms with Crippen LogP contribution in [-0.2, 0) is 20.7 Å². The smallest absolute Gasteiger partial charge is 0.408 e. The molecule has 7 heteroatoms. The molecule has 0 aromatic heterocycles. The van der Waals surface area contributed by atoms with Gasteiger partial charge in [-0.15, -0.1) is 6.42 Å². The van der Waals surface area contributed by atoms with Crippen LogP contribution in [0.1, 0.15) is 93.7 Å². The molecule has 0 aliphatic carbocycles. The molecule has 46 heavy (non-hydrogen) atoms. The van der Waals surface area contributed by atoms with Crippen LogP contribution in [0.3, 0.4) is 0 Å². The van der Waals surface area contributed by atoms with E-state index in [0.717, 1.165) is 42.4 Å². The zero-order valence-electron chi connectivity index (χ0n) is 28.2. The SMILES string of the molecule is C#Cc1ccccc1C(C(=O)Nc1c(C)cccc1C)N(CCCCCCC)C(=O)C(Cc1ccccc1)NC(=O)OC(C)(C)C.